The number of aromatic nitrogens is 2. The number of carbonyl (C=O) groups is 1. The number of hydrogen-bond donors (Lipinski definition) is 2. The van der Waals surface area contributed by atoms with Gasteiger partial charge in [-0.15, -0.1) is 0 Å². The highest BCUT2D eigenvalue weighted by Gasteiger charge is 2.08. The van der Waals surface area contributed by atoms with Crippen LogP contribution in [0.5, 0.6) is 0 Å². The fourth-order valence-electron chi connectivity index (χ4n) is 1.56. The Morgan fingerprint density at radius 3 is 3.05 bits per heavy atom. The largest absolute Gasteiger partial charge is 0.384 e. The van der Waals surface area contributed by atoms with Gasteiger partial charge in [-0.05, 0) is 24.6 Å². The third-order valence-electron chi connectivity index (χ3n) is 2.62. The van der Waals surface area contributed by atoms with Crippen molar-refractivity contribution >= 4 is 5.91 Å². The average Bonchev–Trinajstić information content (AvgIpc) is 2.97. The quantitative estimate of drug-likeness (QED) is 0.800. The summed E-state index contributed by atoms with van der Waals surface area (Å²) in [5.74, 6) is 5.54. The summed E-state index contributed by atoms with van der Waals surface area (Å²) in [4.78, 5) is 15.8. The van der Waals surface area contributed by atoms with Gasteiger partial charge in [0.15, 0.2) is 5.82 Å². The Morgan fingerprint density at radius 2 is 2.35 bits per heavy atom. The van der Waals surface area contributed by atoms with Gasteiger partial charge in [-0.25, -0.2) is 0 Å². The number of hydrogen-bond acceptors (Lipinski definition) is 5. The van der Waals surface area contributed by atoms with Crippen molar-refractivity contribution in [2.75, 3.05) is 6.61 Å². The van der Waals surface area contributed by atoms with Crippen LogP contribution in [0, 0.1) is 18.8 Å². The molecular weight excluding hydrogens is 258 g/mol. The number of nitrogens with one attached hydrogen (secondary N) is 1. The number of nitrogens with zero attached hydrogens (tertiary/aromatic N) is 2. The summed E-state index contributed by atoms with van der Waals surface area (Å²) in [6, 6.07) is 5.21. The Bertz CT molecular complexity index is 654. The minimum Gasteiger partial charge on any atom is -0.384 e. The molecule has 0 spiro atoms. The van der Waals surface area contributed by atoms with Crippen molar-refractivity contribution in [2.24, 2.45) is 0 Å². The Kier molecular flexibility index (Phi) is 4.47. The standard InChI is InChI=1S/C14H13N3O3/c1-10-4-5-12(7-11(10)3-2-6-18)14(19)15-8-13-16-9-20-17-13/h4-5,7,9,18H,6,8H2,1H3,(H,15,19). The summed E-state index contributed by atoms with van der Waals surface area (Å²) in [7, 11) is 0. The molecule has 2 N–H and O–H groups in total. The lowest BCUT2D eigenvalue weighted by Crippen LogP contribution is -2.23. The summed E-state index contributed by atoms with van der Waals surface area (Å²) in [5.41, 5.74) is 2.15. The lowest BCUT2D eigenvalue weighted by molar-refractivity contribution is 0.0949. The van der Waals surface area contributed by atoms with Crippen LogP contribution in [-0.2, 0) is 6.54 Å². The van der Waals surface area contributed by atoms with Gasteiger partial charge in [-0.2, -0.15) is 4.98 Å². The molecule has 0 bridgehead atoms. The number of aliphatic hydroxyl groups is 1. The van der Waals surface area contributed by atoms with Crippen LogP contribution in [0.25, 0.3) is 0 Å². The number of aliphatic hydroxyl groups excluding tert-OH is 1. The molecule has 0 radical (unpaired) electrons. The third-order valence-corrected chi connectivity index (χ3v) is 2.62. The zero-order valence-electron chi connectivity index (χ0n) is 10.9. The molecule has 1 aromatic heterocycles. The van der Waals surface area contributed by atoms with E-state index in [2.05, 4.69) is 31.8 Å². The van der Waals surface area contributed by atoms with Crippen molar-refractivity contribution in [3.8, 4) is 11.8 Å². The summed E-state index contributed by atoms with van der Waals surface area (Å²) < 4.78 is 4.58. The van der Waals surface area contributed by atoms with E-state index in [0.717, 1.165) is 5.56 Å². The molecule has 0 aliphatic carbocycles. The van der Waals surface area contributed by atoms with Gasteiger partial charge < -0.3 is 14.9 Å². The van der Waals surface area contributed by atoms with E-state index in [1.54, 1.807) is 12.1 Å². The molecule has 6 nitrogen and oxygen atoms in total. The maximum atomic E-state index is 12.0. The molecular formula is C14H13N3O3. The van der Waals surface area contributed by atoms with E-state index >= 15 is 0 Å². The van der Waals surface area contributed by atoms with Crippen LogP contribution in [0.4, 0.5) is 0 Å². The van der Waals surface area contributed by atoms with Crippen LogP contribution < -0.4 is 5.32 Å². The summed E-state index contributed by atoms with van der Waals surface area (Å²) >= 11 is 0. The lowest BCUT2D eigenvalue weighted by atomic mass is 10.0. The van der Waals surface area contributed by atoms with E-state index in [4.69, 9.17) is 5.11 Å². The van der Waals surface area contributed by atoms with Gasteiger partial charge in [0.05, 0.1) is 6.54 Å². The SMILES string of the molecule is Cc1ccc(C(=O)NCc2ncon2)cc1C#CCO. The minimum absolute atomic E-state index is 0.195. The molecule has 0 unspecified atom stereocenters. The first kappa shape index (κ1) is 13.8. The molecule has 0 saturated carbocycles. The van der Waals surface area contributed by atoms with Crippen LogP contribution in [0.1, 0.15) is 27.3 Å². The highest BCUT2D eigenvalue weighted by atomic mass is 16.5. The van der Waals surface area contributed by atoms with Crippen LogP contribution in [0.15, 0.2) is 29.1 Å². The van der Waals surface area contributed by atoms with Gasteiger partial charge in [-0.1, -0.05) is 23.1 Å². The van der Waals surface area contributed by atoms with Crippen molar-refractivity contribution in [1.29, 1.82) is 0 Å². The molecule has 0 saturated heterocycles. The van der Waals surface area contributed by atoms with Gasteiger partial charge in [0.2, 0.25) is 6.39 Å². The van der Waals surface area contributed by atoms with Crippen molar-refractivity contribution in [3.63, 3.8) is 0 Å². The Morgan fingerprint density at radius 1 is 1.50 bits per heavy atom. The summed E-state index contributed by atoms with van der Waals surface area (Å²) in [6.07, 6.45) is 1.20. The first-order valence-corrected chi connectivity index (χ1v) is 5.94. The number of aryl methyl sites for hydroxylation is 1. The zero-order chi connectivity index (χ0) is 14.4. The van der Waals surface area contributed by atoms with Crippen LogP contribution in [0.2, 0.25) is 0 Å². The number of rotatable bonds is 3. The van der Waals surface area contributed by atoms with E-state index in [1.807, 2.05) is 13.0 Å². The molecule has 1 heterocycles. The second-order valence-electron chi connectivity index (χ2n) is 4.02. The molecule has 1 aromatic carbocycles. The predicted octanol–water partition coefficient (Wildman–Crippen LogP) is 0.652. The monoisotopic (exact) mass is 271 g/mol. The first-order valence-electron chi connectivity index (χ1n) is 5.94. The smallest absolute Gasteiger partial charge is 0.251 e. The molecule has 0 atom stereocenters. The van der Waals surface area contributed by atoms with E-state index in [-0.39, 0.29) is 19.1 Å². The number of carbonyl (C=O) groups excluding carboxylic acids is 1. The molecule has 0 aliphatic heterocycles. The molecule has 6 heteroatoms. The Labute approximate surface area is 115 Å². The normalized spacial score (nSPS) is 9.70. The van der Waals surface area contributed by atoms with E-state index < -0.39 is 0 Å². The van der Waals surface area contributed by atoms with E-state index in [0.29, 0.717) is 17.0 Å². The first-order chi connectivity index (χ1) is 9.70. The second kappa shape index (κ2) is 6.50. The van der Waals surface area contributed by atoms with Crippen LogP contribution in [-0.4, -0.2) is 27.8 Å². The van der Waals surface area contributed by atoms with Crippen molar-refractivity contribution in [2.45, 2.75) is 13.5 Å². The Hall–Kier alpha value is -2.65. The van der Waals surface area contributed by atoms with E-state index in [1.165, 1.54) is 6.39 Å². The molecule has 0 fully saturated rings. The van der Waals surface area contributed by atoms with Crippen LogP contribution in [0.3, 0.4) is 0 Å². The maximum Gasteiger partial charge on any atom is 0.251 e. The summed E-state index contributed by atoms with van der Waals surface area (Å²) in [5, 5.41) is 15.0. The summed E-state index contributed by atoms with van der Waals surface area (Å²) in [6.45, 7) is 1.87. The fourth-order valence-corrected chi connectivity index (χ4v) is 1.56. The molecule has 20 heavy (non-hydrogen) atoms. The third kappa shape index (κ3) is 3.43. The molecule has 1 amide bonds. The van der Waals surface area contributed by atoms with Crippen molar-refractivity contribution < 1.29 is 14.4 Å². The van der Waals surface area contributed by atoms with Crippen LogP contribution >= 0.6 is 0 Å². The molecule has 2 aromatic rings. The molecule has 102 valence electrons. The molecule has 2 rings (SSSR count). The van der Waals surface area contributed by atoms with Gasteiger partial charge in [0.1, 0.15) is 6.61 Å². The van der Waals surface area contributed by atoms with Gasteiger partial charge in [-0.3, -0.25) is 4.79 Å². The van der Waals surface area contributed by atoms with E-state index in [9.17, 15) is 4.79 Å². The lowest BCUT2D eigenvalue weighted by Gasteiger charge is -2.05. The van der Waals surface area contributed by atoms with Crippen molar-refractivity contribution in [3.05, 3.63) is 47.1 Å². The van der Waals surface area contributed by atoms with Gasteiger partial charge >= 0.3 is 0 Å². The topological polar surface area (TPSA) is 88.3 Å². The highest BCUT2D eigenvalue weighted by molar-refractivity contribution is 5.94. The highest BCUT2D eigenvalue weighted by Crippen LogP contribution is 2.10. The van der Waals surface area contributed by atoms with Gasteiger partial charge in [0.25, 0.3) is 5.91 Å². The predicted molar refractivity (Wildman–Crippen MR) is 70.6 cm³/mol. The van der Waals surface area contributed by atoms with Crippen molar-refractivity contribution in [1.82, 2.24) is 15.5 Å². The van der Waals surface area contributed by atoms with Gasteiger partial charge in [0, 0.05) is 11.1 Å². The zero-order valence-corrected chi connectivity index (χ0v) is 10.9. The number of amides is 1. The maximum absolute atomic E-state index is 12.0. The fraction of sp³-hybridized carbons (Fsp3) is 0.214. The Balaban J connectivity index is 2.09. The number of benzene rings is 1. The average molecular weight is 271 g/mol. The second-order valence-corrected chi connectivity index (χ2v) is 4.02. The molecule has 0 aliphatic rings. The minimum atomic E-state index is -0.248.